The fourth-order valence-electron chi connectivity index (χ4n) is 7.99. The van der Waals surface area contributed by atoms with Crippen LogP contribution in [-0.4, -0.2) is 67.2 Å². The van der Waals surface area contributed by atoms with Crippen LogP contribution in [0.15, 0.2) is 103 Å². The monoisotopic (exact) mass is 812 g/mol. The van der Waals surface area contributed by atoms with E-state index in [1.807, 2.05) is 66.7 Å². The molecule has 4 heterocycles. The Kier molecular flexibility index (Phi) is 12.4. The topological polar surface area (TPSA) is 131 Å². The van der Waals surface area contributed by atoms with Crippen molar-refractivity contribution >= 4 is 35.3 Å². The normalized spacial score (nSPS) is 18.3. The number of benzene rings is 4. The summed E-state index contributed by atoms with van der Waals surface area (Å²) in [5.41, 5.74) is 4.10. The lowest BCUT2D eigenvalue weighted by molar-refractivity contribution is -0.904. The van der Waals surface area contributed by atoms with E-state index in [4.69, 9.17) is 42.1 Å². The van der Waals surface area contributed by atoms with E-state index in [0.717, 1.165) is 53.9 Å². The number of nitrogens with zero attached hydrogens (tertiary/aromatic N) is 2. The smallest absolute Gasteiger partial charge is 0.408 e. The number of carbonyl (C=O) groups excluding carboxylic acids is 1. The van der Waals surface area contributed by atoms with E-state index in [-0.39, 0.29) is 34.7 Å². The maximum absolute atomic E-state index is 13.4. The minimum absolute atomic E-state index is 0.0619. The van der Waals surface area contributed by atoms with Crippen molar-refractivity contribution in [3.05, 3.63) is 152 Å². The van der Waals surface area contributed by atoms with E-state index in [1.54, 1.807) is 38.5 Å². The van der Waals surface area contributed by atoms with Gasteiger partial charge >= 0.3 is 12.1 Å². The largest absolute Gasteiger partial charge is 0.493 e. The highest BCUT2D eigenvalue weighted by Gasteiger charge is 2.37. The van der Waals surface area contributed by atoms with Gasteiger partial charge in [0.2, 0.25) is 12.4 Å². The summed E-state index contributed by atoms with van der Waals surface area (Å²) < 4.78 is 24.4. The molecule has 2 unspecified atom stereocenters. The third kappa shape index (κ3) is 9.06. The van der Waals surface area contributed by atoms with Crippen LogP contribution in [0.3, 0.4) is 0 Å². The fraction of sp³-hybridized carbons (Fsp3) is 0.295. The number of hydrogen-bond acceptors (Lipinski definition) is 8. The first-order chi connectivity index (χ1) is 27.6. The van der Waals surface area contributed by atoms with Gasteiger partial charge in [-0.05, 0) is 90.9 Å². The molecule has 0 spiro atoms. The van der Waals surface area contributed by atoms with E-state index < -0.39 is 24.0 Å². The molecule has 57 heavy (non-hydrogen) atoms. The zero-order valence-corrected chi connectivity index (χ0v) is 33.1. The average molecular weight is 814 g/mol. The number of pyridine rings is 1. The van der Waals surface area contributed by atoms with E-state index in [1.165, 1.54) is 12.4 Å². The Balaban J connectivity index is 1.21. The number of nitrogens with one attached hydrogen (secondary N) is 1. The Morgan fingerprint density at radius 2 is 1.54 bits per heavy atom. The van der Waals surface area contributed by atoms with Crippen molar-refractivity contribution in [3.8, 4) is 17.2 Å². The Bertz CT molecular complexity index is 2210. The summed E-state index contributed by atoms with van der Waals surface area (Å²) in [5.74, 6) is 0.213. The second kappa shape index (κ2) is 17.8. The lowest BCUT2D eigenvalue weighted by atomic mass is 9.82. The summed E-state index contributed by atoms with van der Waals surface area (Å²) >= 11 is 13.3. The number of alkyl carbamates (subject to hydrolysis) is 1. The van der Waals surface area contributed by atoms with Crippen molar-refractivity contribution in [3.63, 3.8) is 0 Å². The van der Waals surface area contributed by atoms with E-state index in [2.05, 4.69) is 10.2 Å². The van der Waals surface area contributed by atoms with Crippen LogP contribution in [0.2, 0.25) is 10.0 Å². The number of carbonyl (C=O) groups is 2. The standard InChI is InChI=1S/C44H43Cl2N3O8/c1-54-39-15-14-29(21-40(39)55-2)34(22-35-37(45)23-49(53)24-38(35)46)32-12-7-13-33(43(50)51)36(32)26-56-31-11-6-10-30(20-31)42(28-8-4-3-5-9-28)47-44(52)57-41-25-48-18-16-27(41)17-19-48/h3-15,20-21,23-24,27,34,41-42H,16-19,22,25-26H2,1-2H3,(H2-,47,50,51,52,53)/p+1/t34?,41-,42?/m0/s1. The van der Waals surface area contributed by atoms with Crippen LogP contribution >= 0.6 is 23.2 Å². The predicted molar refractivity (Wildman–Crippen MR) is 214 cm³/mol. The molecule has 13 heteroatoms. The molecule has 0 aliphatic carbocycles. The maximum atomic E-state index is 13.4. The molecule has 8 rings (SSSR count). The van der Waals surface area contributed by atoms with Crippen molar-refractivity contribution in [2.75, 3.05) is 33.9 Å². The highest BCUT2D eigenvalue weighted by atomic mass is 35.5. The van der Waals surface area contributed by atoms with Crippen LogP contribution in [0.4, 0.5) is 4.79 Å². The maximum Gasteiger partial charge on any atom is 0.408 e. The molecule has 3 N–H and O–H groups in total. The molecular formula is C44H44Cl2N3O8+. The van der Waals surface area contributed by atoms with Gasteiger partial charge in [0, 0.05) is 28.3 Å². The zero-order valence-electron chi connectivity index (χ0n) is 31.6. The van der Waals surface area contributed by atoms with Crippen LogP contribution < -0.4 is 24.3 Å². The molecule has 3 aliphatic heterocycles. The van der Waals surface area contributed by atoms with Gasteiger partial charge in [-0.25, -0.2) is 9.59 Å². The molecule has 5 aromatic rings. The Morgan fingerprint density at radius 3 is 2.21 bits per heavy atom. The van der Waals surface area contributed by atoms with Crippen LogP contribution in [0.25, 0.3) is 0 Å². The highest BCUT2D eigenvalue weighted by Crippen LogP contribution is 2.40. The van der Waals surface area contributed by atoms with Crippen LogP contribution in [0.1, 0.15) is 68.5 Å². The molecule has 3 atom stereocenters. The Morgan fingerprint density at radius 1 is 0.842 bits per heavy atom. The Labute approximate surface area is 341 Å². The molecule has 1 amide bonds. The van der Waals surface area contributed by atoms with Gasteiger partial charge in [0.05, 0.1) is 25.8 Å². The highest BCUT2D eigenvalue weighted by molar-refractivity contribution is 6.35. The van der Waals surface area contributed by atoms with E-state index in [0.29, 0.717) is 39.9 Å². The summed E-state index contributed by atoms with van der Waals surface area (Å²) in [5, 5.41) is 24.1. The number of rotatable bonds is 14. The predicted octanol–water partition coefficient (Wildman–Crippen LogP) is 8.10. The summed E-state index contributed by atoms with van der Waals surface area (Å²) in [6.45, 7) is 2.73. The van der Waals surface area contributed by atoms with Crippen LogP contribution in [0.5, 0.6) is 17.2 Å². The first-order valence-electron chi connectivity index (χ1n) is 18.7. The van der Waals surface area contributed by atoms with E-state index in [9.17, 15) is 19.9 Å². The van der Waals surface area contributed by atoms with Crippen LogP contribution in [0, 0.1) is 5.92 Å². The third-order valence-electron chi connectivity index (χ3n) is 10.9. The minimum Gasteiger partial charge on any atom is -0.493 e. The number of halogens is 2. The molecule has 1 aromatic heterocycles. The van der Waals surface area contributed by atoms with Gasteiger partial charge in [0.15, 0.2) is 11.5 Å². The number of carboxylic acid groups (broad SMARTS) is 1. The van der Waals surface area contributed by atoms with Gasteiger partial charge in [0.1, 0.15) is 28.5 Å². The SMILES string of the molecule is COc1ccc(C(Cc2c(Cl)c[n+](O)cc2Cl)c2cccc(C(=O)O)c2COc2cccc(C(NC(=O)O[C@H]3CN4CCC3CC4)c3ccccc3)c2)cc1OC. The first kappa shape index (κ1) is 39.7. The first-order valence-corrected chi connectivity index (χ1v) is 19.5. The van der Waals surface area contributed by atoms with E-state index >= 15 is 0 Å². The molecule has 4 aromatic carbocycles. The molecule has 11 nitrogen and oxygen atoms in total. The van der Waals surface area contributed by atoms with Gasteiger partial charge in [0.25, 0.3) is 0 Å². The molecule has 296 valence electrons. The summed E-state index contributed by atoms with van der Waals surface area (Å²) in [4.78, 5) is 28.6. The quantitative estimate of drug-likeness (QED) is 0.0753. The molecule has 3 saturated heterocycles. The number of carboxylic acids is 1. The van der Waals surface area contributed by atoms with Crippen LogP contribution in [-0.2, 0) is 17.8 Å². The molecule has 0 radical (unpaired) electrons. The molecule has 0 saturated carbocycles. The van der Waals surface area contributed by atoms with Crippen molar-refractivity contribution in [1.29, 1.82) is 0 Å². The molecule has 3 aliphatic rings. The number of aromatic nitrogens is 1. The van der Waals surface area contributed by atoms with Gasteiger partial charge in [-0.1, -0.05) is 83.9 Å². The fourth-order valence-corrected chi connectivity index (χ4v) is 8.59. The third-order valence-corrected chi connectivity index (χ3v) is 11.6. The number of methoxy groups -OCH3 is 2. The summed E-state index contributed by atoms with van der Waals surface area (Å²) in [6.07, 6.45) is 4.34. The molecular weight excluding hydrogens is 769 g/mol. The number of piperidine rings is 3. The zero-order chi connectivity index (χ0) is 40.1. The molecule has 3 fully saturated rings. The number of aromatic carboxylic acids is 1. The van der Waals surface area contributed by atoms with Crippen molar-refractivity contribution in [2.24, 2.45) is 5.92 Å². The van der Waals surface area contributed by atoms with Gasteiger partial charge in [-0.2, -0.15) is 0 Å². The second-order valence-electron chi connectivity index (χ2n) is 14.3. The number of hydrogen-bond donors (Lipinski definition) is 3. The van der Waals surface area contributed by atoms with Crippen molar-refractivity contribution < 1.29 is 43.6 Å². The average Bonchev–Trinajstić information content (AvgIpc) is 3.22. The molecule has 2 bridgehead atoms. The number of ether oxygens (including phenoxy) is 4. The minimum atomic E-state index is -1.12. The summed E-state index contributed by atoms with van der Waals surface area (Å²) in [7, 11) is 3.09. The second-order valence-corrected chi connectivity index (χ2v) is 15.1. The number of amides is 1. The van der Waals surface area contributed by atoms with Crippen molar-refractivity contribution in [2.45, 2.75) is 43.9 Å². The van der Waals surface area contributed by atoms with Gasteiger partial charge in [-0.15, -0.1) is 0 Å². The van der Waals surface area contributed by atoms with Gasteiger partial charge < -0.3 is 29.4 Å². The van der Waals surface area contributed by atoms with Gasteiger partial charge in [-0.3, -0.25) is 10.1 Å². The lowest BCUT2D eigenvalue weighted by Gasteiger charge is -2.43. The Hall–Kier alpha value is -5.49. The summed E-state index contributed by atoms with van der Waals surface area (Å²) in [6, 6.07) is 27.1. The van der Waals surface area contributed by atoms with Crippen molar-refractivity contribution in [1.82, 2.24) is 10.2 Å². The lowest BCUT2D eigenvalue weighted by Crippen LogP contribution is -2.52. The number of fused-ring (bicyclic) bond motifs is 3.